The summed E-state index contributed by atoms with van der Waals surface area (Å²) in [5.74, 6) is -1.22. The van der Waals surface area contributed by atoms with Crippen molar-refractivity contribution in [2.45, 2.75) is 6.10 Å². The zero-order chi connectivity index (χ0) is 15.8. The first-order valence-electron chi connectivity index (χ1n) is 6.08. The highest BCUT2D eigenvalue weighted by Gasteiger charge is 2.16. The Labute approximate surface area is 127 Å². The first kappa shape index (κ1) is 17.2. The fraction of sp³-hybridized carbons (Fsp3) is 0.385. The second-order valence-electron chi connectivity index (χ2n) is 4.12. The van der Waals surface area contributed by atoms with Crippen LogP contribution in [0.5, 0.6) is 0 Å². The largest absolute Gasteiger partial charge is 0.478 e. The Kier molecular flexibility index (Phi) is 6.93. The van der Waals surface area contributed by atoms with E-state index in [0.29, 0.717) is 6.61 Å². The van der Waals surface area contributed by atoms with Crippen molar-refractivity contribution in [2.75, 3.05) is 32.7 Å². The molecule has 0 spiro atoms. The SMILES string of the molecule is COCC(CNC(=O)Nc1cccc(Cl)c1C(=O)O)OC. The molecule has 0 bridgehead atoms. The molecule has 3 N–H and O–H groups in total. The summed E-state index contributed by atoms with van der Waals surface area (Å²) in [5.41, 5.74) is -0.0392. The second-order valence-corrected chi connectivity index (χ2v) is 4.52. The van der Waals surface area contributed by atoms with Crippen LogP contribution >= 0.6 is 11.6 Å². The highest BCUT2D eigenvalue weighted by molar-refractivity contribution is 6.34. The summed E-state index contributed by atoms with van der Waals surface area (Å²) < 4.78 is 10.0. The molecule has 1 unspecified atom stereocenters. The average Bonchev–Trinajstić information content (AvgIpc) is 2.43. The number of halogens is 1. The minimum Gasteiger partial charge on any atom is -0.478 e. The molecule has 0 fully saturated rings. The zero-order valence-corrected chi connectivity index (χ0v) is 12.4. The summed E-state index contributed by atoms with van der Waals surface area (Å²) in [4.78, 5) is 22.9. The third-order valence-electron chi connectivity index (χ3n) is 2.65. The maximum atomic E-state index is 11.8. The number of carboxylic acid groups (broad SMARTS) is 1. The van der Waals surface area contributed by atoms with Gasteiger partial charge in [-0.25, -0.2) is 9.59 Å². The molecule has 0 aromatic heterocycles. The number of aromatic carboxylic acids is 1. The van der Waals surface area contributed by atoms with Gasteiger partial charge in [0.1, 0.15) is 5.56 Å². The van der Waals surface area contributed by atoms with Crippen molar-refractivity contribution < 1.29 is 24.2 Å². The number of hydrogen-bond donors (Lipinski definition) is 3. The molecule has 0 radical (unpaired) electrons. The molecular formula is C13H17ClN2O5. The lowest BCUT2D eigenvalue weighted by Gasteiger charge is -2.16. The van der Waals surface area contributed by atoms with E-state index in [9.17, 15) is 9.59 Å². The van der Waals surface area contributed by atoms with Crippen LogP contribution in [0.15, 0.2) is 18.2 Å². The molecule has 0 aliphatic heterocycles. The van der Waals surface area contributed by atoms with Crippen LogP contribution in [0.25, 0.3) is 0 Å². The summed E-state index contributed by atoms with van der Waals surface area (Å²) in [5, 5.41) is 14.1. The fourth-order valence-corrected chi connectivity index (χ4v) is 1.87. The lowest BCUT2D eigenvalue weighted by Crippen LogP contribution is -2.38. The number of ether oxygens (including phenoxy) is 2. The minimum atomic E-state index is -1.22. The zero-order valence-electron chi connectivity index (χ0n) is 11.7. The molecule has 0 heterocycles. The molecule has 1 atom stereocenters. The van der Waals surface area contributed by atoms with Crippen LogP contribution in [-0.4, -0.2) is 50.6 Å². The molecule has 0 aliphatic rings. The van der Waals surface area contributed by atoms with E-state index in [1.165, 1.54) is 26.4 Å². The molecule has 8 heteroatoms. The van der Waals surface area contributed by atoms with Crippen LogP contribution < -0.4 is 10.6 Å². The number of urea groups is 1. The number of anilines is 1. The number of nitrogens with one attached hydrogen (secondary N) is 2. The quantitative estimate of drug-likeness (QED) is 0.713. The standard InChI is InChI=1S/C13H17ClN2O5/c1-20-7-8(21-2)6-15-13(19)16-10-5-3-4-9(14)11(10)12(17)18/h3-5,8H,6-7H2,1-2H3,(H,17,18)(H2,15,16,19). The number of carbonyl (C=O) groups excluding carboxylic acids is 1. The lowest BCUT2D eigenvalue weighted by molar-refractivity contribution is 0.0307. The molecule has 7 nitrogen and oxygen atoms in total. The van der Waals surface area contributed by atoms with E-state index in [1.807, 2.05) is 0 Å². The van der Waals surface area contributed by atoms with Gasteiger partial charge in [-0.05, 0) is 12.1 Å². The van der Waals surface area contributed by atoms with Gasteiger partial charge in [0.15, 0.2) is 0 Å². The molecule has 0 aliphatic carbocycles. The van der Waals surface area contributed by atoms with E-state index >= 15 is 0 Å². The van der Waals surface area contributed by atoms with E-state index in [1.54, 1.807) is 6.07 Å². The minimum absolute atomic E-state index is 0.0504. The van der Waals surface area contributed by atoms with E-state index in [-0.39, 0.29) is 28.9 Å². The molecule has 116 valence electrons. The van der Waals surface area contributed by atoms with Crippen molar-refractivity contribution in [2.24, 2.45) is 0 Å². The molecule has 2 amide bonds. The van der Waals surface area contributed by atoms with Gasteiger partial charge >= 0.3 is 12.0 Å². The smallest absolute Gasteiger partial charge is 0.339 e. The molecule has 1 aromatic carbocycles. The highest BCUT2D eigenvalue weighted by atomic mass is 35.5. The molecule has 0 saturated heterocycles. The van der Waals surface area contributed by atoms with Crippen molar-refractivity contribution in [3.63, 3.8) is 0 Å². The molecule has 21 heavy (non-hydrogen) atoms. The van der Waals surface area contributed by atoms with Crippen LogP contribution in [0.4, 0.5) is 10.5 Å². The van der Waals surface area contributed by atoms with Crippen LogP contribution in [0.3, 0.4) is 0 Å². The van der Waals surface area contributed by atoms with E-state index in [4.69, 9.17) is 26.2 Å². The summed E-state index contributed by atoms with van der Waals surface area (Å²) in [6, 6.07) is 3.89. The Balaban J connectivity index is 2.67. The van der Waals surface area contributed by atoms with E-state index in [2.05, 4.69) is 10.6 Å². The average molecular weight is 317 g/mol. The Morgan fingerprint density at radius 1 is 1.38 bits per heavy atom. The molecule has 0 saturated carbocycles. The van der Waals surface area contributed by atoms with Crippen LogP contribution in [0.2, 0.25) is 5.02 Å². The lowest BCUT2D eigenvalue weighted by atomic mass is 10.2. The number of methoxy groups -OCH3 is 2. The topological polar surface area (TPSA) is 96.9 Å². The Morgan fingerprint density at radius 2 is 2.10 bits per heavy atom. The van der Waals surface area contributed by atoms with Gasteiger partial charge in [-0.15, -0.1) is 0 Å². The normalized spacial score (nSPS) is 11.8. The van der Waals surface area contributed by atoms with Crippen LogP contribution in [0, 0.1) is 0 Å². The van der Waals surface area contributed by atoms with E-state index < -0.39 is 12.0 Å². The maximum Gasteiger partial charge on any atom is 0.339 e. The van der Waals surface area contributed by atoms with Gasteiger partial charge in [0.05, 0.1) is 23.4 Å². The Hall–Kier alpha value is -1.83. The Morgan fingerprint density at radius 3 is 2.67 bits per heavy atom. The van der Waals surface area contributed by atoms with Crippen molar-refractivity contribution in [3.05, 3.63) is 28.8 Å². The predicted octanol–water partition coefficient (Wildman–Crippen LogP) is 1.82. The second kappa shape index (κ2) is 8.46. The molecule has 1 rings (SSSR count). The van der Waals surface area contributed by atoms with Crippen LogP contribution in [-0.2, 0) is 9.47 Å². The van der Waals surface area contributed by atoms with Crippen molar-refractivity contribution in [1.29, 1.82) is 0 Å². The summed E-state index contributed by atoms with van der Waals surface area (Å²) in [6.07, 6.45) is -0.293. The number of amides is 2. The first-order chi connectivity index (χ1) is 9.99. The maximum absolute atomic E-state index is 11.8. The number of hydrogen-bond acceptors (Lipinski definition) is 4. The summed E-state index contributed by atoms with van der Waals surface area (Å²) in [6.45, 7) is 0.549. The van der Waals surface area contributed by atoms with Gasteiger partial charge in [0.25, 0.3) is 0 Å². The summed E-state index contributed by atoms with van der Waals surface area (Å²) >= 11 is 5.81. The Bertz CT molecular complexity index is 509. The first-order valence-corrected chi connectivity index (χ1v) is 6.45. The fourth-order valence-electron chi connectivity index (χ4n) is 1.61. The van der Waals surface area contributed by atoms with Crippen molar-refractivity contribution in [3.8, 4) is 0 Å². The van der Waals surface area contributed by atoms with Gasteiger partial charge in [-0.1, -0.05) is 17.7 Å². The van der Waals surface area contributed by atoms with Crippen LogP contribution in [0.1, 0.15) is 10.4 Å². The van der Waals surface area contributed by atoms with Gasteiger partial charge in [-0.3, -0.25) is 0 Å². The van der Waals surface area contributed by atoms with Gasteiger partial charge < -0.3 is 25.2 Å². The van der Waals surface area contributed by atoms with Crippen molar-refractivity contribution >= 4 is 29.3 Å². The van der Waals surface area contributed by atoms with Gasteiger partial charge in [0.2, 0.25) is 0 Å². The predicted molar refractivity (Wildman–Crippen MR) is 78.1 cm³/mol. The highest BCUT2D eigenvalue weighted by Crippen LogP contribution is 2.24. The molecule has 1 aromatic rings. The number of benzene rings is 1. The van der Waals surface area contributed by atoms with E-state index in [0.717, 1.165) is 0 Å². The van der Waals surface area contributed by atoms with Gasteiger partial charge in [-0.2, -0.15) is 0 Å². The number of carbonyl (C=O) groups is 2. The third-order valence-corrected chi connectivity index (χ3v) is 2.97. The third kappa shape index (κ3) is 5.22. The number of rotatable bonds is 7. The summed E-state index contributed by atoms with van der Waals surface area (Å²) in [7, 11) is 3.03. The van der Waals surface area contributed by atoms with Gasteiger partial charge in [0, 0.05) is 20.8 Å². The van der Waals surface area contributed by atoms with Crippen molar-refractivity contribution in [1.82, 2.24) is 5.32 Å². The monoisotopic (exact) mass is 316 g/mol. The number of carboxylic acids is 1. The molecular weight excluding hydrogens is 300 g/mol.